The number of hydrogen-bond donors (Lipinski definition) is 2. The maximum absolute atomic E-state index is 11.1. The number of aliphatic hydroxyl groups excluding tert-OH is 1. The van der Waals surface area contributed by atoms with Gasteiger partial charge in [-0.25, -0.2) is 0 Å². The molecule has 3 nitrogen and oxygen atoms in total. The number of hydrogen-bond acceptors (Lipinski definition) is 2. The summed E-state index contributed by atoms with van der Waals surface area (Å²) < 4.78 is 0.954. The van der Waals surface area contributed by atoms with E-state index in [4.69, 9.17) is 5.11 Å². The Hall–Kier alpha value is -0.870. The molecule has 0 amide bonds. The number of aliphatic carboxylic acids is 1. The Balaban J connectivity index is 2.96. The lowest BCUT2D eigenvalue weighted by Gasteiger charge is -2.19. The van der Waals surface area contributed by atoms with Crippen LogP contribution in [-0.2, 0) is 4.79 Å². The van der Waals surface area contributed by atoms with E-state index in [1.165, 1.54) is 0 Å². The number of aliphatic hydroxyl groups is 1. The summed E-state index contributed by atoms with van der Waals surface area (Å²) in [7, 11) is 0. The van der Waals surface area contributed by atoms with Crippen LogP contribution in [0.4, 0.5) is 0 Å². The quantitative estimate of drug-likeness (QED) is 0.877. The Morgan fingerprint density at radius 3 is 2.59 bits per heavy atom. The Morgan fingerprint density at radius 1 is 1.47 bits per heavy atom. The van der Waals surface area contributed by atoms with Crippen molar-refractivity contribution in [1.82, 2.24) is 0 Å². The van der Waals surface area contributed by atoms with Crippen molar-refractivity contribution < 1.29 is 15.0 Å². The summed E-state index contributed by atoms with van der Waals surface area (Å²) in [6.07, 6.45) is 0.272. The van der Waals surface area contributed by atoms with E-state index in [9.17, 15) is 9.90 Å². The van der Waals surface area contributed by atoms with E-state index in [2.05, 4.69) is 15.9 Å². The predicted octanol–water partition coefficient (Wildman–Crippen LogP) is 3.29. The molecule has 4 heteroatoms. The van der Waals surface area contributed by atoms with Gasteiger partial charge in [0, 0.05) is 4.47 Å². The summed E-state index contributed by atoms with van der Waals surface area (Å²) in [5, 5.41) is 19.2. The third-order valence-corrected chi connectivity index (χ3v) is 3.71. The zero-order valence-electron chi connectivity index (χ0n) is 9.98. The fraction of sp³-hybridized carbons (Fsp3) is 0.462. The maximum Gasteiger partial charge on any atom is 0.309 e. The number of aryl methyl sites for hydroxylation is 1. The molecular weight excluding hydrogens is 284 g/mol. The molecule has 1 aromatic carbocycles. The summed E-state index contributed by atoms with van der Waals surface area (Å²) in [5.74, 6) is -1.68. The second kappa shape index (κ2) is 6.17. The van der Waals surface area contributed by atoms with Gasteiger partial charge in [-0.2, -0.15) is 0 Å². The van der Waals surface area contributed by atoms with Gasteiger partial charge in [-0.15, -0.1) is 0 Å². The normalized spacial score (nSPS) is 14.4. The Bertz CT molecular complexity index is 404. The first kappa shape index (κ1) is 14.2. The second-order valence-electron chi connectivity index (χ2n) is 4.19. The fourth-order valence-electron chi connectivity index (χ4n) is 1.81. The van der Waals surface area contributed by atoms with Crippen molar-refractivity contribution in [2.45, 2.75) is 32.8 Å². The minimum absolute atomic E-state index is 0.478. The molecule has 0 aromatic heterocycles. The smallest absolute Gasteiger partial charge is 0.309 e. The van der Waals surface area contributed by atoms with Gasteiger partial charge in [0.05, 0.1) is 12.0 Å². The van der Waals surface area contributed by atoms with E-state index in [0.717, 1.165) is 16.5 Å². The molecule has 94 valence electrons. The van der Waals surface area contributed by atoms with E-state index in [-0.39, 0.29) is 0 Å². The van der Waals surface area contributed by atoms with Crippen LogP contribution in [0.15, 0.2) is 22.7 Å². The van der Waals surface area contributed by atoms with Gasteiger partial charge in [0.1, 0.15) is 0 Å². The third kappa shape index (κ3) is 3.54. The molecular formula is C13H17BrO3. The Kier molecular flexibility index (Phi) is 5.15. The van der Waals surface area contributed by atoms with Crippen LogP contribution >= 0.6 is 15.9 Å². The molecule has 0 aliphatic rings. The zero-order valence-corrected chi connectivity index (χ0v) is 11.6. The van der Waals surface area contributed by atoms with E-state index in [0.29, 0.717) is 12.0 Å². The van der Waals surface area contributed by atoms with Crippen LogP contribution in [-0.4, -0.2) is 16.2 Å². The maximum atomic E-state index is 11.1. The van der Waals surface area contributed by atoms with Crippen molar-refractivity contribution in [1.29, 1.82) is 0 Å². The van der Waals surface area contributed by atoms with Crippen molar-refractivity contribution in [3.8, 4) is 0 Å². The van der Waals surface area contributed by atoms with E-state index in [1.54, 1.807) is 6.07 Å². The monoisotopic (exact) mass is 300 g/mol. The highest BCUT2D eigenvalue weighted by atomic mass is 79.9. The molecule has 0 fully saturated rings. The van der Waals surface area contributed by atoms with Gasteiger partial charge in [0.15, 0.2) is 0 Å². The molecule has 2 unspecified atom stereocenters. The molecule has 0 heterocycles. The lowest BCUT2D eigenvalue weighted by atomic mass is 9.91. The molecule has 2 N–H and O–H groups in total. The molecule has 1 aromatic rings. The number of benzene rings is 1. The standard InChI is InChI=1S/C13H17BrO3/c1-3-4-10(13(16)17)12(15)9-5-6-11(14)8(2)7-9/h5-7,10,12,15H,3-4H2,1-2H3,(H,16,17). The second-order valence-corrected chi connectivity index (χ2v) is 5.04. The lowest BCUT2D eigenvalue weighted by Crippen LogP contribution is -2.21. The van der Waals surface area contributed by atoms with Crippen LogP contribution in [0.2, 0.25) is 0 Å². The minimum Gasteiger partial charge on any atom is -0.481 e. The molecule has 0 aliphatic heterocycles. The van der Waals surface area contributed by atoms with Gasteiger partial charge in [0.25, 0.3) is 0 Å². The lowest BCUT2D eigenvalue weighted by molar-refractivity contribution is -0.146. The molecule has 0 aliphatic carbocycles. The Morgan fingerprint density at radius 2 is 2.12 bits per heavy atom. The number of halogens is 1. The predicted molar refractivity (Wildman–Crippen MR) is 69.9 cm³/mol. The number of carboxylic acids is 1. The highest BCUT2D eigenvalue weighted by Gasteiger charge is 2.26. The van der Waals surface area contributed by atoms with Crippen LogP contribution in [0.1, 0.15) is 37.0 Å². The molecule has 17 heavy (non-hydrogen) atoms. The van der Waals surface area contributed by atoms with Gasteiger partial charge < -0.3 is 10.2 Å². The number of carbonyl (C=O) groups is 1. The van der Waals surface area contributed by atoms with E-state index in [1.807, 2.05) is 26.0 Å². The largest absolute Gasteiger partial charge is 0.481 e. The molecule has 1 rings (SSSR count). The minimum atomic E-state index is -0.945. The molecule has 0 saturated heterocycles. The van der Waals surface area contributed by atoms with Crippen molar-refractivity contribution in [2.24, 2.45) is 5.92 Å². The van der Waals surface area contributed by atoms with Crippen molar-refractivity contribution in [3.05, 3.63) is 33.8 Å². The van der Waals surface area contributed by atoms with Gasteiger partial charge in [-0.1, -0.05) is 41.4 Å². The fourth-order valence-corrected chi connectivity index (χ4v) is 2.06. The highest BCUT2D eigenvalue weighted by Crippen LogP contribution is 2.28. The molecule has 0 bridgehead atoms. The van der Waals surface area contributed by atoms with Crippen LogP contribution in [0.5, 0.6) is 0 Å². The topological polar surface area (TPSA) is 57.5 Å². The summed E-state index contributed by atoms with van der Waals surface area (Å²) >= 11 is 3.38. The molecule has 2 atom stereocenters. The van der Waals surface area contributed by atoms with E-state index >= 15 is 0 Å². The average Bonchev–Trinajstić information content (AvgIpc) is 2.28. The van der Waals surface area contributed by atoms with Gasteiger partial charge in [-0.05, 0) is 30.5 Å². The van der Waals surface area contributed by atoms with Crippen LogP contribution < -0.4 is 0 Å². The molecule has 0 radical (unpaired) electrons. The van der Waals surface area contributed by atoms with Crippen LogP contribution in [0.3, 0.4) is 0 Å². The summed E-state index contributed by atoms with van der Waals surface area (Å²) in [5.41, 5.74) is 1.65. The van der Waals surface area contributed by atoms with Gasteiger partial charge in [0.2, 0.25) is 0 Å². The van der Waals surface area contributed by atoms with E-state index < -0.39 is 18.0 Å². The summed E-state index contributed by atoms with van der Waals surface area (Å²) in [4.78, 5) is 11.1. The summed E-state index contributed by atoms with van der Waals surface area (Å²) in [6, 6.07) is 5.41. The number of carboxylic acid groups (broad SMARTS) is 1. The average molecular weight is 301 g/mol. The number of rotatable bonds is 5. The van der Waals surface area contributed by atoms with Crippen molar-refractivity contribution in [2.75, 3.05) is 0 Å². The molecule has 0 saturated carbocycles. The van der Waals surface area contributed by atoms with Gasteiger partial charge >= 0.3 is 5.97 Å². The summed E-state index contributed by atoms with van der Waals surface area (Å²) in [6.45, 7) is 3.82. The third-order valence-electron chi connectivity index (χ3n) is 2.82. The first-order valence-corrected chi connectivity index (χ1v) is 6.43. The van der Waals surface area contributed by atoms with Gasteiger partial charge in [-0.3, -0.25) is 4.79 Å². The SMILES string of the molecule is CCCC(C(=O)O)C(O)c1ccc(Br)c(C)c1. The van der Waals surface area contributed by atoms with Crippen LogP contribution in [0, 0.1) is 12.8 Å². The van der Waals surface area contributed by atoms with Crippen LogP contribution in [0.25, 0.3) is 0 Å². The first-order chi connectivity index (χ1) is 7.97. The first-order valence-electron chi connectivity index (χ1n) is 5.64. The zero-order chi connectivity index (χ0) is 13.0. The Labute approximate surface area is 110 Å². The van der Waals surface area contributed by atoms with Crippen molar-refractivity contribution in [3.63, 3.8) is 0 Å². The molecule has 0 spiro atoms. The van der Waals surface area contributed by atoms with Crippen molar-refractivity contribution >= 4 is 21.9 Å². The highest BCUT2D eigenvalue weighted by molar-refractivity contribution is 9.10.